The summed E-state index contributed by atoms with van der Waals surface area (Å²) < 4.78 is 0. The van der Waals surface area contributed by atoms with Crippen LogP contribution in [-0.4, -0.2) is 55.0 Å². The van der Waals surface area contributed by atoms with E-state index in [0.717, 1.165) is 57.7 Å². The Hall–Kier alpha value is -0.560. The fraction of sp³-hybridized carbons (Fsp3) is 0.632. The van der Waals surface area contributed by atoms with Crippen LogP contribution >= 0.6 is 37.2 Å². The third-order valence-electron chi connectivity index (χ3n) is 5.38. The molecule has 1 saturated heterocycles. The van der Waals surface area contributed by atoms with Gasteiger partial charge in [-0.3, -0.25) is 9.69 Å². The van der Waals surface area contributed by atoms with Crippen LogP contribution in [0.25, 0.3) is 0 Å². The first-order valence-corrected chi connectivity index (χ1v) is 9.15. The van der Waals surface area contributed by atoms with Crippen molar-refractivity contribution < 1.29 is 4.79 Å². The standard InChI is InChI=1S/C19H30N4O.3ClH/c1-22-8-10-23(11-9-22)14-15-4-2-6-17(12-15)21-19(24)13-16-5-3-7-18(16)20;;;/h2,4,6,12,16,18H,3,5,7-11,13-14,20H2,1H3,(H,21,24);3*1H/t16-,18+;;;/m0.../s1. The second-order valence-electron chi connectivity index (χ2n) is 7.39. The van der Waals surface area contributed by atoms with E-state index in [1.807, 2.05) is 12.1 Å². The van der Waals surface area contributed by atoms with Crippen molar-refractivity contribution in [1.82, 2.24) is 9.80 Å². The number of hydrogen-bond donors (Lipinski definition) is 2. The number of piperazine rings is 1. The highest BCUT2D eigenvalue weighted by Crippen LogP contribution is 2.27. The number of halogens is 3. The van der Waals surface area contributed by atoms with Gasteiger partial charge in [0.15, 0.2) is 0 Å². The number of hydrogen-bond acceptors (Lipinski definition) is 4. The predicted octanol–water partition coefficient (Wildman–Crippen LogP) is 3.16. The van der Waals surface area contributed by atoms with E-state index >= 15 is 0 Å². The van der Waals surface area contributed by atoms with E-state index in [2.05, 4.69) is 34.3 Å². The fourth-order valence-corrected chi connectivity index (χ4v) is 3.78. The molecule has 27 heavy (non-hydrogen) atoms. The Balaban J connectivity index is 0.00000225. The molecule has 0 aromatic heterocycles. The highest BCUT2D eigenvalue weighted by Gasteiger charge is 2.26. The molecular weight excluding hydrogens is 407 g/mol. The number of nitrogens with one attached hydrogen (secondary N) is 1. The Morgan fingerprint density at radius 1 is 1.15 bits per heavy atom. The second-order valence-corrected chi connectivity index (χ2v) is 7.39. The fourth-order valence-electron chi connectivity index (χ4n) is 3.78. The van der Waals surface area contributed by atoms with Crippen molar-refractivity contribution in [3.63, 3.8) is 0 Å². The zero-order valence-electron chi connectivity index (χ0n) is 15.9. The highest BCUT2D eigenvalue weighted by molar-refractivity contribution is 5.91. The summed E-state index contributed by atoms with van der Waals surface area (Å²) in [6.07, 6.45) is 3.83. The Morgan fingerprint density at radius 2 is 1.85 bits per heavy atom. The molecule has 8 heteroatoms. The molecular formula is C19H33Cl3N4O. The molecule has 2 aliphatic rings. The van der Waals surface area contributed by atoms with Gasteiger partial charge < -0.3 is 16.0 Å². The van der Waals surface area contributed by atoms with E-state index in [9.17, 15) is 4.79 Å². The normalized spacial score (nSPS) is 22.9. The smallest absolute Gasteiger partial charge is 0.224 e. The van der Waals surface area contributed by atoms with E-state index in [0.29, 0.717) is 12.3 Å². The van der Waals surface area contributed by atoms with Crippen LogP contribution in [0, 0.1) is 5.92 Å². The molecule has 0 unspecified atom stereocenters. The Labute approximate surface area is 181 Å². The Bertz CT molecular complexity index is 568. The van der Waals surface area contributed by atoms with Gasteiger partial charge in [-0.2, -0.15) is 0 Å². The van der Waals surface area contributed by atoms with E-state index in [-0.39, 0.29) is 49.2 Å². The first kappa shape index (κ1) is 26.4. The van der Waals surface area contributed by atoms with Crippen LogP contribution in [0.1, 0.15) is 31.2 Å². The second kappa shape index (κ2) is 12.8. The molecule has 1 heterocycles. The number of amides is 1. The summed E-state index contributed by atoms with van der Waals surface area (Å²) >= 11 is 0. The molecule has 1 aliphatic heterocycles. The topological polar surface area (TPSA) is 61.6 Å². The molecule has 1 saturated carbocycles. The number of carbonyl (C=O) groups excluding carboxylic acids is 1. The SMILES string of the molecule is CN1CCN(Cc2cccc(NC(=O)C[C@@H]3CCC[C@H]3N)c2)CC1.Cl.Cl.Cl. The number of carbonyl (C=O) groups is 1. The van der Waals surface area contributed by atoms with Crippen LogP contribution in [0.4, 0.5) is 5.69 Å². The van der Waals surface area contributed by atoms with Crippen LogP contribution in [0.5, 0.6) is 0 Å². The molecule has 3 N–H and O–H groups in total. The van der Waals surface area contributed by atoms with Gasteiger partial charge in [-0.15, -0.1) is 37.2 Å². The van der Waals surface area contributed by atoms with Gasteiger partial charge in [-0.05, 0) is 43.5 Å². The number of anilines is 1. The summed E-state index contributed by atoms with van der Waals surface area (Å²) in [4.78, 5) is 17.1. The number of nitrogens with zero attached hydrogens (tertiary/aromatic N) is 2. The van der Waals surface area contributed by atoms with E-state index in [1.54, 1.807) is 0 Å². The molecule has 0 radical (unpaired) electrons. The lowest BCUT2D eigenvalue weighted by Gasteiger charge is -2.32. The minimum atomic E-state index is 0. The van der Waals surface area contributed by atoms with Gasteiger partial charge in [-0.25, -0.2) is 0 Å². The lowest BCUT2D eigenvalue weighted by atomic mass is 10.00. The van der Waals surface area contributed by atoms with E-state index < -0.39 is 0 Å². The molecule has 0 spiro atoms. The number of benzene rings is 1. The molecule has 156 valence electrons. The minimum absolute atomic E-state index is 0. The van der Waals surface area contributed by atoms with Gasteiger partial charge >= 0.3 is 0 Å². The van der Waals surface area contributed by atoms with Gasteiger partial charge in [0, 0.05) is 50.9 Å². The summed E-state index contributed by atoms with van der Waals surface area (Å²) in [5, 5.41) is 3.05. The average molecular weight is 440 g/mol. The van der Waals surface area contributed by atoms with Crippen molar-refractivity contribution in [1.29, 1.82) is 0 Å². The van der Waals surface area contributed by atoms with Crippen LogP contribution in [-0.2, 0) is 11.3 Å². The largest absolute Gasteiger partial charge is 0.327 e. The zero-order chi connectivity index (χ0) is 16.9. The molecule has 3 rings (SSSR count). The molecule has 1 aromatic rings. The number of likely N-dealkylation sites (N-methyl/N-ethyl adjacent to an activating group) is 1. The summed E-state index contributed by atoms with van der Waals surface area (Å²) in [6, 6.07) is 8.44. The van der Waals surface area contributed by atoms with Gasteiger partial charge in [0.05, 0.1) is 0 Å². The quantitative estimate of drug-likeness (QED) is 0.740. The first-order chi connectivity index (χ1) is 11.6. The maximum Gasteiger partial charge on any atom is 0.224 e. The van der Waals surface area contributed by atoms with E-state index in [4.69, 9.17) is 5.73 Å². The van der Waals surface area contributed by atoms with Crippen LogP contribution < -0.4 is 11.1 Å². The van der Waals surface area contributed by atoms with Crippen molar-refractivity contribution >= 4 is 48.8 Å². The number of nitrogens with two attached hydrogens (primary N) is 1. The Morgan fingerprint density at radius 3 is 2.48 bits per heavy atom. The lowest BCUT2D eigenvalue weighted by molar-refractivity contribution is -0.117. The number of rotatable bonds is 5. The summed E-state index contributed by atoms with van der Waals surface area (Å²) in [5.74, 6) is 0.438. The van der Waals surface area contributed by atoms with Crippen molar-refractivity contribution in [3.8, 4) is 0 Å². The minimum Gasteiger partial charge on any atom is -0.327 e. The summed E-state index contributed by atoms with van der Waals surface area (Å²) in [6.45, 7) is 5.40. The monoisotopic (exact) mass is 438 g/mol. The molecule has 0 bridgehead atoms. The van der Waals surface area contributed by atoms with Crippen LogP contribution in [0.15, 0.2) is 24.3 Å². The van der Waals surface area contributed by atoms with Gasteiger partial charge in [-0.1, -0.05) is 18.6 Å². The predicted molar refractivity (Wildman–Crippen MR) is 120 cm³/mol. The maximum atomic E-state index is 12.3. The third kappa shape index (κ3) is 8.14. The average Bonchev–Trinajstić information content (AvgIpc) is 2.95. The van der Waals surface area contributed by atoms with Gasteiger partial charge in [0.1, 0.15) is 0 Å². The summed E-state index contributed by atoms with van der Waals surface area (Å²) in [7, 11) is 2.17. The first-order valence-electron chi connectivity index (χ1n) is 9.15. The molecule has 1 amide bonds. The maximum absolute atomic E-state index is 12.3. The molecule has 5 nitrogen and oxygen atoms in total. The zero-order valence-corrected chi connectivity index (χ0v) is 18.4. The van der Waals surface area contributed by atoms with Crippen molar-refractivity contribution in [3.05, 3.63) is 29.8 Å². The highest BCUT2D eigenvalue weighted by atomic mass is 35.5. The molecule has 1 aliphatic carbocycles. The summed E-state index contributed by atoms with van der Waals surface area (Å²) in [5.41, 5.74) is 8.23. The van der Waals surface area contributed by atoms with Gasteiger partial charge in [0.2, 0.25) is 5.91 Å². The molecule has 2 atom stereocenters. The molecule has 2 fully saturated rings. The van der Waals surface area contributed by atoms with Crippen LogP contribution in [0.2, 0.25) is 0 Å². The molecule has 1 aromatic carbocycles. The van der Waals surface area contributed by atoms with Crippen molar-refractivity contribution in [2.75, 3.05) is 38.5 Å². The Kier molecular flexibility index (Phi) is 12.5. The van der Waals surface area contributed by atoms with Crippen molar-refractivity contribution in [2.24, 2.45) is 11.7 Å². The van der Waals surface area contributed by atoms with Gasteiger partial charge in [0.25, 0.3) is 0 Å². The lowest BCUT2D eigenvalue weighted by Crippen LogP contribution is -2.43. The van der Waals surface area contributed by atoms with E-state index in [1.165, 1.54) is 5.56 Å². The third-order valence-corrected chi connectivity index (χ3v) is 5.38. The van der Waals surface area contributed by atoms with Crippen LogP contribution in [0.3, 0.4) is 0 Å². The van der Waals surface area contributed by atoms with Crippen molar-refractivity contribution in [2.45, 2.75) is 38.3 Å².